The lowest BCUT2D eigenvalue weighted by Gasteiger charge is -2.11. The predicted octanol–water partition coefficient (Wildman–Crippen LogP) is 2.21. The maximum atomic E-state index is 12.2. The molecule has 112 valence electrons. The molecule has 2 rings (SSSR count). The summed E-state index contributed by atoms with van der Waals surface area (Å²) in [4.78, 5) is -0.0377. The van der Waals surface area contributed by atoms with E-state index in [4.69, 9.17) is 9.47 Å². The average molecular weight is 309 g/mol. The molecule has 0 bridgehead atoms. The van der Waals surface area contributed by atoms with Gasteiger partial charge in [0, 0.05) is 24.3 Å². The molecule has 0 aromatic heterocycles. The fourth-order valence-corrected chi connectivity index (χ4v) is 2.81. The first-order valence-electron chi connectivity index (χ1n) is 5.99. The monoisotopic (exact) mass is 309 g/mol. The Bertz CT molecular complexity index is 721. The number of aromatic hydroxyl groups is 1. The number of nitrogens with one attached hydrogen (secondary N) is 1. The second-order valence-corrected chi connectivity index (χ2v) is 5.89. The average Bonchev–Trinajstić information content (AvgIpc) is 2.46. The van der Waals surface area contributed by atoms with Crippen molar-refractivity contribution in [3.05, 3.63) is 42.5 Å². The van der Waals surface area contributed by atoms with Crippen molar-refractivity contribution in [2.75, 3.05) is 18.9 Å². The van der Waals surface area contributed by atoms with Crippen molar-refractivity contribution in [1.29, 1.82) is 0 Å². The number of benzene rings is 2. The van der Waals surface area contributed by atoms with E-state index in [0.717, 1.165) is 0 Å². The molecule has 7 heteroatoms. The van der Waals surface area contributed by atoms with Crippen LogP contribution in [0.15, 0.2) is 47.4 Å². The van der Waals surface area contributed by atoms with Gasteiger partial charge >= 0.3 is 0 Å². The van der Waals surface area contributed by atoms with Crippen LogP contribution in [0.1, 0.15) is 0 Å². The van der Waals surface area contributed by atoms with E-state index in [1.54, 1.807) is 6.07 Å². The zero-order chi connectivity index (χ0) is 15.5. The summed E-state index contributed by atoms with van der Waals surface area (Å²) in [6, 6.07) is 10.1. The SMILES string of the molecule is COc1cc(NS(=O)(=O)c2cccc(O)c2)cc(OC)c1. The maximum Gasteiger partial charge on any atom is 0.262 e. The van der Waals surface area contributed by atoms with E-state index in [9.17, 15) is 13.5 Å². The normalized spacial score (nSPS) is 11.0. The summed E-state index contributed by atoms with van der Waals surface area (Å²) in [6.45, 7) is 0. The second-order valence-electron chi connectivity index (χ2n) is 4.20. The van der Waals surface area contributed by atoms with Crippen LogP contribution in [0.3, 0.4) is 0 Å². The molecule has 0 aliphatic heterocycles. The van der Waals surface area contributed by atoms with E-state index in [1.807, 2.05) is 0 Å². The summed E-state index contributed by atoms with van der Waals surface area (Å²) in [5, 5.41) is 9.37. The molecule has 2 aromatic carbocycles. The van der Waals surface area contributed by atoms with E-state index < -0.39 is 10.0 Å². The molecule has 0 atom stereocenters. The lowest BCUT2D eigenvalue weighted by molar-refractivity contribution is 0.395. The minimum absolute atomic E-state index is 0.0377. The number of phenols is 1. The lowest BCUT2D eigenvalue weighted by Crippen LogP contribution is -2.13. The van der Waals surface area contributed by atoms with Gasteiger partial charge in [-0.2, -0.15) is 0 Å². The van der Waals surface area contributed by atoms with Gasteiger partial charge in [-0.15, -0.1) is 0 Å². The molecule has 2 N–H and O–H groups in total. The molecule has 21 heavy (non-hydrogen) atoms. The number of phenolic OH excluding ortho intramolecular Hbond substituents is 1. The Labute approximate surface area is 123 Å². The third kappa shape index (κ3) is 3.57. The van der Waals surface area contributed by atoms with E-state index >= 15 is 0 Å². The third-order valence-corrected chi connectivity index (χ3v) is 4.11. The van der Waals surface area contributed by atoms with Crippen molar-refractivity contribution in [2.24, 2.45) is 0 Å². The van der Waals surface area contributed by atoms with Crippen LogP contribution in [-0.2, 0) is 10.0 Å². The number of hydrogen-bond acceptors (Lipinski definition) is 5. The predicted molar refractivity (Wildman–Crippen MR) is 78.5 cm³/mol. The zero-order valence-corrected chi connectivity index (χ0v) is 12.3. The van der Waals surface area contributed by atoms with Gasteiger partial charge in [0.1, 0.15) is 17.2 Å². The van der Waals surface area contributed by atoms with Crippen LogP contribution in [0, 0.1) is 0 Å². The Morgan fingerprint density at radius 2 is 1.62 bits per heavy atom. The van der Waals surface area contributed by atoms with Gasteiger partial charge in [-0.3, -0.25) is 4.72 Å². The Morgan fingerprint density at radius 3 is 2.14 bits per heavy atom. The highest BCUT2D eigenvalue weighted by atomic mass is 32.2. The summed E-state index contributed by atoms with van der Waals surface area (Å²) < 4.78 is 37.1. The summed E-state index contributed by atoms with van der Waals surface area (Å²) >= 11 is 0. The van der Waals surface area contributed by atoms with Crippen molar-refractivity contribution in [3.8, 4) is 17.2 Å². The molecule has 0 unspecified atom stereocenters. The van der Waals surface area contributed by atoms with Crippen LogP contribution in [0.4, 0.5) is 5.69 Å². The van der Waals surface area contributed by atoms with Gasteiger partial charge in [-0.05, 0) is 12.1 Å². The molecule has 2 aromatic rings. The maximum absolute atomic E-state index is 12.2. The summed E-state index contributed by atoms with van der Waals surface area (Å²) in [7, 11) is -0.858. The zero-order valence-electron chi connectivity index (χ0n) is 11.5. The number of sulfonamides is 1. The van der Waals surface area contributed by atoms with Crippen molar-refractivity contribution in [2.45, 2.75) is 4.90 Å². The van der Waals surface area contributed by atoms with Crippen molar-refractivity contribution >= 4 is 15.7 Å². The molecule has 0 saturated heterocycles. The van der Waals surface area contributed by atoms with Gasteiger partial charge in [0.2, 0.25) is 0 Å². The van der Waals surface area contributed by atoms with Crippen LogP contribution >= 0.6 is 0 Å². The molecule has 0 heterocycles. The van der Waals surface area contributed by atoms with Crippen molar-refractivity contribution in [1.82, 2.24) is 0 Å². The minimum atomic E-state index is -3.81. The fourth-order valence-electron chi connectivity index (χ4n) is 1.73. The van der Waals surface area contributed by atoms with Crippen LogP contribution in [-0.4, -0.2) is 27.7 Å². The van der Waals surface area contributed by atoms with E-state index in [2.05, 4.69) is 4.72 Å². The molecule has 0 aliphatic rings. The largest absolute Gasteiger partial charge is 0.508 e. The number of rotatable bonds is 5. The van der Waals surface area contributed by atoms with Crippen LogP contribution in [0.5, 0.6) is 17.2 Å². The van der Waals surface area contributed by atoms with Gasteiger partial charge in [0.15, 0.2) is 0 Å². The van der Waals surface area contributed by atoms with Gasteiger partial charge in [-0.1, -0.05) is 6.07 Å². The highest BCUT2D eigenvalue weighted by Crippen LogP contribution is 2.28. The van der Waals surface area contributed by atoms with Gasteiger partial charge in [0.25, 0.3) is 10.0 Å². The Balaban J connectivity index is 2.36. The first-order chi connectivity index (χ1) is 9.94. The summed E-state index contributed by atoms with van der Waals surface area (Å²) in [5.74, 6) is 0.798. The highest BCUT2D eigenvalue weighted by Gasteiger charge is 2.15. The molecule has 0 radical (unpaired) electrons. The smallest absolute Gasteiger partial charge is 0.262 e. The van der Waals surface area contributed by atoms with Crippen LogP contribution in [0.25, 0.3) is 0 Å². The molecule has 6 nitrogen and oxygen atoms in total. The number of methoxy groups -OCH3 is 2. The number of ether oxygens (including phenoxy) is 2. The van der Waals surface area contributed by atoms with Crippen LogP contribution in [0.2, 0.25) is 0 Å². The second kappa shape index (κ2) is 5.92. The first kappa shape index (κ1) is 15.0. The van der Waals surface area contributed by atoms with Crippen molar-refractivity contribution < 1.29 is 23.0 Å². The fraction of sp³-hybridized carbons (Fsp3) is 0.143. The molecule has 0 saturated carbocycles. The van der Waals surface area contributed by atoms with Gasteiger partial charge in [-0.25, -0.2) is 8.42 Å². The number of hydrogen-bond donors (Lipinski definition) is 2. The van der Waals surface area contributed by atoms with Crippen LogP contribution < -0.4 is 14.2 Å². The minimum Gasteiger partial charge on any atom is -0.508 e. The van der Waals surface area contributed by atoms with E-state index in [1.165, 1.54) is 50.6 Å². The summed E-state index contributed by atoms with van der Waals surface area (Å²) in [6.07, 6.45) is 0. The molecule has 0 aliphatic carbocycles. The molecular weight excluding hydrogens is 294 g/mol. The Kier molecular flexibility index (Phi) is 4.23. The molecule has 0 spiro atoms. The van der Waals surface area contributed by atoms with Crippen molar-refractivity contribution in [3.63, 3.8) is 0 Å². The molecule has 0 fully saturated rings. The highest BCUT2D eigenvalue weighted by molar-refractivity contribution is 7.92. The molecule has 0 amide bonds. The first-order valence-corrected chi connectivity index (χ1v) is 7.48. The van der Waals surface area contributed by atoms with E-state index in [-0.39, 0.29) is 10.6 Å². The quantitative estimate of drug-likeness (QED) is 0.884. The Hall–Kier alpha value is -2.41. The molecular formula is C14H15NO5S. The van der Waals surface area contributed by atoms with Gasteiger partial charge < -0.3 is 14.6 Å². The van der Waals surface area contributed by atoms with E-state index in [0.29, 0.717) is 17.2 Å². The lowest BCUT2D eigenvalue weighted by atomic mass is 10.3. The Morgan fingerprint density at radius 1 is 1.00 bits per heavy atom. The van der Waals surface area contributed by atoms with Gasteiger partial charge in [0.05, 0.1) is 24.8 Å². The topological polar surface area (TPSA) is 84.9 Å². The number of anilines is 1. The summed E-state index contributed by atoms with van der Waals surface area (Å²) in [5.41, 5.74) is 0.301. The standard InChI is InChI=1S/C14H15NO5S/c1-19-12-6-10(7-13(9-12)20-2)15-21(17,18)14-5-3-4-11(16)8-14/h3-9,15-16H,1-2H3. The third-order valence-electron chi connectivity index (χ3n) is 2.73.